The van der Waals surface area contributed by atoms with Crippen LogP contribution in [-0.2, 0) is 70.3 Å². The maximum absolute atomic E-state index is 13.4. The molecule has 3 fully saturated rings. The Balaban J connectivity index is 0.000000185. The van der Waals surface area contributed by atoms with Crippen molar-refractivity contribution in [3.8, 4) is 51.4 Å². The number of aromatic amines is 3. The second kappa shape index (κ2) is 37.0. The number of H-pyrrole nitrogens is 3. The first kappa shape index (κ1) is 70.1. The lowest BCUT2D eigenvalue weighted by Crippen LogP contribution is -2.31. The molecule has 3 aliphatic heterocycles. The number of nitrogens with one attached hydrogen (secondary N) is 6. The molecule has 6 aromatic heterocycles. The van der Waals surface area contributed by atoms with Crippen molar-refractivity contribution in [1.82, 2.24) is 88.1 Å². The largest absolute Gasteiger partial charge is 0.493 e. The van der Waals surface area contributed by atoms with Gasteiger partial charge in [-0.25, -0.2) is 54.4 Å². The summed E-state index contributed by atoms with van der Waals surface area (Å²) in [6, 6.07) is 13.2. The first-order valence-corrected chi connectivity index (χ1v) is 41.3. The van der Waals surface area contributed by atoms with Gasteiger partial charge in [0.2, 0.25) is 30.1 Å². The van der Waals surface area contributed by atoms with Crippen molar-refractivity contribution in [3.05, 3.63) is 103 Å². The number of rotatable bonds is 33. The fourth-order valence-electron chi connectivity index (χ4n) is 13.4. The lowest BCUT2D eigenvalue weighted by molar-refractivity contribution is 0.297. The van der Waals surface area contributed by atoms with E-state index in [1.165, 1.54) is 69.6 Å². The summed E-state index contributed by atoms with van der Waals surface area (Å²) in [5.74, 6) is 1.05. The van der Waals surface area contributed by atoms with Crippen LogP contribution < -0.4 is 45.1 Å². The third-order valence-electron chi connectivity index (χ3n) is 19.0. The Bertz CT molecular complexity index is 5610. The number of benzene rings is 3. The Morgan fingerprint density at radius 2 is 0.769 bits per heavy atom. The smallest absolute Gasteiger partial charge is 0.277 e. The molecule has 30 nitrogen and oxygen atoms in total. The molecule has 33 heteroatoms. The van der Waals surface area contributed by atoms with Crippen LogP contribution in [0.4, 0.5) is 0 Å². The fraction of sp³-hybridized carbons (Fsp3) is 0.560. The molecule has 0 spiro atoms. The Labute approximate surface area is 645 Å². The number of aromatic nitrogens is 12. The average Bonchev–Trinajstić information content (AvgIpc) is 1.61. The lowest BCUT2D eigenvalue weighted by Gasteiger charge is -2.19. The zero-order valence-corrected chi connectivity index (χ0v) is 66.0. The van der Waals surface area contributed by atoms with Crippen LogP contribution in [0.1, 0.15) is 167 Å². The van der Waals surface area contributed by atoms with Crippen molar-refractivity contribution in [3.63, 3.8) is 0 Å². The molecule has 3 saturated heterocycles. The molecule has 588 valence electrons. The third-order valence-corrected chi connectivity index (χ3v) is 23.1. The van der Waals surface area contributed by atoms with Gasteiger partial charge in [-0.1, -0.05) is 60.8 Å². The van der Waals surface area contributed by atoms with Crippen LogP contribution in [-0.4, -0.2) is 197 Å². The normalized spacial score (nSPS) is 18.8. The predicted octanol–water partition coefficient (Wildman–Crippen LogP) is 8.48. The molecular formula is C75H108N18O12S3. The molecule has 108 heavy (non-hydrogen) atoms. The van der Waals surface area contributed by atoms with E-state index in [0.29, 0.717) is 68.7 Å². The van der Waals surface area contributed by atoms with Crippen LogP contribution in [0, 0.1) is 0 Å². The number of hydrogen-bond acceptors (Lipinski definition) is 21. The van der Waals surface area contributed by atoms with Gasteiger partial charge in [0.15, 0.2) is 16.6 Å². The van der Waals surface area contributed by atoms with E-state index in [9.17, 15) is 39.6 Å². The van der Waals surface area contributed by atoms with Gasteiger partial charge in [-0.2, -0.15) is 15.3 Å². The molecule has 4 atom stereocenters. The standard InChI is InChI=1S/3C25H36N6O4S/c3*1-5-8-20-22-23(31(4)29-20)25(32)28-24(27-22)19-16-18(10-11-21(19)35-15-6-2)36(33,34)26-13-12-17-9-7-14-30(17)3/h3*10-11,16-17,26H,5-9,12-15H2,1-4H3,(H,27,28,32)/i8D2,13D2;8D2,13D;8D2. The van der Waals surface area contributed by atoms with Gasteiger partial charge in [-0.3, -0.25) is 28.4 Å². The fourth-order valence-corrected chi connectivity index (χ4v) is 16.3. The number of sulfonamides is 3. The molecule has 0 radical (unpaired) electrons. The zero-order valence-electron chi connectivity index (χ0n) is 72.6. The van der Waals surface area contributed by atoms with Crippen LogP contribution in [0.3, 0.4) is 0 Å². The van der Waals surface area contributed by atoms with E-state index in [-0.39, 0.29) is 137 Å². The second-order valence-corrected chi connectivity index (χ2v) is 32.1. The summed E-state index contributed by atoms with van der Waals surface area (Å²) in [6.45, 7) is 11.8. The minimum Gasteiger partial charge on any atom is -0.493 e. The van der Waals surface area contributed by atoms with Crippen molar-refractivity contribution < 1.29 is 51.8 Å². The first-order valence-electron chi connectivity index (χ1n) is 41.5. The van der Waals surface area contributed by atoms with E-state index in [1.807, 2.05) is 39.8 Å². The molecule has 6 N–H and O–H groups in total. The van der Waals surface area contributed by atoms with E-state index >= 15 is 0 Å². The number of aryl methyl sites for hydroxylation is 6. The minimum atomic E-state index is -4.32. The van der Waals surface area contributed by atoms with Crippen molar-refractivity contribution >= 4 is 63.2 Å². The predicted molar refractivity (Wildman–Crippen MR) is 419 cm³/mol. The molecule has 0 bridgehead atoms. The van der Waals surface area contributed by atoms with E-state index in [0.717, 1.165) is 71.0 Å². The number of nitrogens with zero attached hydrogens (tertiary/aromatic N) is 12. The van der Waals surface area contributed by atoms with Crippen LogP contribution in [0.5, 0.6) is 17.2 Å². The molecule has 3 aliphatic rings. The van der Waals surface area contributed by atoms with Crippen molar-refractivity contribution in [2.24, 2.45) is 21.1 Å². The molecule has 9 aromatic rings. The highest BCUT2D eigenvalue weighted by molar-refractivity contribution is 7.90. The highest BCUT2D eigenvalue weighted by atomic mass is 32.2. The van der Waals surface area contributed by atoms with E-state index in [2.05, 4.69) is 76.2 Å². The molecule has 9 heterocycles. The van der Waals surface area contributed by atoms with Gasteiger partial charge in [0, 0.05) is 71.2 Å². The van der Waals surface area contributed by atoms with Gasteiger partial charge in [-0.05, 0) is 192 Å². The van der Waals surface area contributed by atoms with E-state index in [1.54, 1.807) is 40.9 Å². The number of fused-ring (bicyclic) bond motifs is 3. The first-order chi connectivity index (χ1) is 55.0. The highest BCUT2D eigenvalue weighted by Gasteiger charge is 2.29. The maximum Gasteiger partial charge on any atom is 0.277 e. The Kier molecular flexibility index (Phi) is 24.0. The summed E-state index contributed by atoms with van der Waals surface area (Å²) < 4.78 is 184. The molecule has 4 unspecified atom stereocenters. The monoisotopic (exact) mass is 1560 g/mol. The topological polar surface area (TPSA) is 367 Å². The van der Waals surface area contributed by atoms with E-state index in [4.69, 9.17) is 26.5 Å². The molecule has 3 aromatic carbocycles. The Hall–Kier alpha value is -8.28. The van der Waals surface area contributed by atoms with Gasteiger partial charge in [0.25, 0.3) is 16.7 Å². The van der Waals surface area contributed by atoms with Gasteiger partial charge < -0.3 is 43.9 Å². The SMILES string of the molecule is [2H]C(CC1CCCN1C)NS(=O)(=O)c1ccc(OCCC)c(-c2nc3c(C([2H])([2H])CC)nn(C)c3c(=O)[nH]2)c1.[2H]C([2H])(CC)c1nn(C)c2c(=O)[nH]c(-c3cc(S(=O)(=O)NCCC4CCCN4C)ccc3OCCC)nc12.[2H]C([2H])(CC1CCCN1C)NS(=O)(=O)c1ccc(OCCC)c(-c2nc3c(C([2H])([2H])CC)nn(C)c3c(=O)[nH]2)c1. The van der Waals surface area contributed by atoms with Crippen LogP contribution in [0.15, 0.2) is 83.7 Å². The maximum atomic E-state index is 13.4. The summed E-state index contributed by atoms with van der Waals surface area (Å²) in [7, 11) is -1.68. The summed E-state index contributed by atoms with van der Waals surface area (Å²) in [6.07, 6.45) is 3.91. The minimum absolute atomic E-state index is 0.00202. The van der Waals surface area contributed by atoms with Crippen molar-refractivity contribution in [1.29, 1.82) is 0 Å². The number of ether oxygens (including phenoxy) is 3. The summed E-state index contributed by atoms with van der Waals surface area (Å²) in [5.41, 5.74) is -0.196. The average molecular weight is 1560 g/mol. The van der Waals surface area contributed by atoms with Crippen molar-refractivity contribution in [2.75, 3.05) is 80.2 Å². The quantitative estimate of drug-likeness (QED) is 0.0224. The number of likely N-dealkylation sites (tertiary alicyclic amines) is 3. The lowest BCUT2D eigenvalue weighted by atomic mass is 10.1. The molecular weight excluding hydrogens is 1440 g/mol. The van der Waals surface area contributed by atoms with E-state index < -0.39 is 78.9 Å². The van der Waals surface area contributed by atoms with Crippen LogP contribution >= 0.6 is 0 Å². The van der Waals surface area contributed by atoms with Gasteiger partial charge in [0.05, 0.1) is 68.3 Å². The second-order valence-electron chi connectivity index (χ2n) is 26.9. The summed E-state index contributed by atoms with van der Waals surface area (Å²) in [5, 5.41) is 12.7. The summed E-state index contributed by atoms with van der Waals surface area (Å²) in [4.78, 5) is 67.1. The van der Waals surface area contributed by atoms with Crippen LogP contribution in [0.25, 0.3) is 67.3 Å². The Morgan fingerprint density at radius 3 is 1.09 bits per heavy atom. The summed E-state index contributed by atoms with van der Waals surface area (Å²) >= 11 is 0. The number of hydrogen-bond donors (Lipinski definition) is 6. The van der Waals surface area contributed by atoms with Gasteiger partial charge in [0.1, 0.15) is 51.3 Å². The highest BCUT2D eigenvalue weighted by Crippen LogP contribution is 2.36. The molecule has 0 amide bonds. The zero-order chi connectivity index (χ0) is 85.7. The molecule has 0 saturated carbocycles. The van der Waals surface area contributed by atoms with Gasteiger partial charge in [-0.15, -0.1) is 0 Å². The molecule has 0 aliphatic carbocycles. The molecule has 12 rings (SSSR count). The Morgan fingerprint density at radius 1 is 0.444 bits per heavy atom. The third kappa shape index (κ3) is 19.5. The van der Waals surface area contributed by atoms with Crippen molar-refractivity contribution in [2.45, 2.75) is 190 Å². The van der Waals surface area contributed by atoms with Gasteiger partial charge >= 0.3 is 0 Å². The van der Waals surface area contributed by atoms with Crippen LogP contribution in [0.2, 0.25) is 0 Å².